The smallest absolute Gasteiger partial charge is 0.278 e. The minimum Gasteiger partial charge on any atom is -0.353 e. The van der Waals surface area contributed by atoms with E-state index in [9.17, 15) is 4.79 Å². The Morgan fingerprint density at radius 3 is 2.60 bits per heavy atom. The third-order valence-corrected chi connectivity index (χ3v) is 5.30. The Morgan fingerprint density at radius 2 is 1.92 bits per heavy atom. The summed E-state index contributed by atoms with van der Waals surface area (Å²) in [7, 11) is 0. The summed E-state index contributed by atoms with van der Waals surface area (Å²) in [5, 5.41) is 0.803. The average molecular weight is 356 g/mol. The molecule has 5 heteroatoms. The lowest BCUT2D eigenvalue weighted by Gasteiger charge is -2.13. The van der Waals surface area contributed by atoms with Gasteiger partial charge in [-0.05, 0) is 37.8 Å². The van der Waals surface area contributed by atoms with Crippen LogP contribution < -0.4 is 5.56 Å². The second kappa shape index (κ2) is 7.48. The first kappa shape index (κ1) is 17.8. The zero-order chi connectivity index (χ0) is 18.0. The van der Waals surface area contributed by atoms with Gasteiger partial charge in [-0.2, -0.15) is 0 Å². The van der Waals surface area contributed by atoms with Crippen molar-refractivity contribution in [2.75, 3.05) is 0 Å². The fourth-order valence-corrected chi connectivity index (χ4v) is 3.72. The average Bonchev–Trinajstić information content (AvgIpc) is 2.94. The van der Waals surface area contributed by atoms with E-state index in [1.807, 2.05) is 17.6 Å². The van der Waals surface area contributed by atoms with Gasteiger partial charge in [0.2, 0.25) is 0 Å². The van der Waals surface area contributed by atoms with Crippen molar-refractivity contribution in [1.29, 1.82) is 0 Å². The molecule has 25 heavy (non-hydrogen) atoms. The molecule has 0 fully saturated rings. The van der Waals surface area contributed by atoms with Crippen molar-refractivity contribution in [2.24, 2.45) is 5.92 Å². The van der Waals surface area contributed by atoms with Crippen LogP contribution in [0, 0.1) is 19.8 Å². The van der Waals surface area contributed by atoms with Gasteiger partial charge in [-0.15, -0.1) is 0 Å². The van der Waals surface area contributed by atoms with Crippen molar-refractivity contribution in [3.05, 3.63) is 57.5 Å². The predicted octanol–water partition coefficient (Wildman–Crippen LogP) is 4.68. The maximum Gasteiger partial charge on any atom is 0.278 e. The summed E-state index contributed by atoms with van der Waals surface area (Å²) in [5.41, 5.74) is 4.87. The number of hydrogen-bond acceptors (Lipinski definition) is 3. The van der Waals surface area contributed by atoms with Crippen LogP contribution in [0.2, 0.25) is 0 Å². The molecule has 0 spiro atoms. The Hall–Kier alpha value is -2.01. The van der Waals surface area contributed by atoms with Crippen LogP contribution in [0.15, 0.2) is 40.3 Å². The van der Waals surface area contributed by atoms with E-state index in [4.69, 9.17) is 4.98 Å². The molecule has 3 rings (SSSR count). The molecule has 0 amide bonds. The molecule has 0 saturated heterocycles. The lowest BCUT2D eigenvalue weighted by molar-refractivity contribution is 0.480. The molecule has 0 atom stereocenters. The Labute approximate surface area is 152 Å². The second-order valence-electron chi connectivity index (χ2n) is 7.02. The van der Waals surface area contributed by atoms with E-state index in [-0.39, 0.29) is 5.56 Å². The molecule has 2 aromatic heterocycles. The zero-order valence-corrected chi connectivity index (χ0v) is 16.1. The molecular formula is C20H25N3OS. The van der Waals surface area contributed by atoms with Crippen molar-refractivity contribution in [3.63, 3.8) is 0 Å². The minimum atomic E-state index is 0.0326. The lowest BCUT2D eigenvalue weighted by atomic mass is 10.1. The fraction of sp³-hybridized carbons (Fsp3) is 0.400. The molecule has 0 aliphatic carbocycles. The van der Waals surface area contributed by atoms with E-state index < -0.39 is 0 Å². The maximum atomic E-state index is 12.9. The number of benzene rings is 1. The molecule has 1 aromatic carbocycles. The minimum absolute atomic E-state index is 0.0326. The molecule has 1 N–H and O–H groups in total. The Kier molecular flexibility index (Phi) is 5.33. The van der Waals surface area contributed by atoms with E-state index >= 15 is 0 Å². The summed E-state index contributed by atoms with van der Waals surface area (Å²) >= 11 is 1.63. The van der Waals surface area contributed by atoms with Crippen LogP contribution in [0.5, 0.6) is 0 Å². The van der Waals surface area contributed by atoms with Crippen molar-refractivity contribution in [2.45, 2.75) is 51.6 Å². The molecule has 0 radical (unpaired) electrons. The van der Waals surface area contributed by atoms with Crippen molar-refractivity contribution in [3.8, 4) is 0 Å². The molecule has 0 bridgehead atoms. The molecule has 2 heterocycles. The van der Waals surface area contributed by atoms with Crippen LogP contribution in [0.25, 0.3) is 11.0 Å². The fourth-order valence-electron chi connectivity index (χ4n) is 2.74. The van der Waals surface area contributed by atoms with Gasteiger partial charge in [-0.3, -0.25) is 9.36 Å². The number of aryl methyl sites for hydroxylation is 2. The largest absolute Gasteiger partial charge is 0.353 e. The van der Waals surface area contributed by atoms with Crippen LogP contribution in [0.4, 0.5) is 0 Å². The third kappa shape index (κ3) is 4.15. The Balaban J connectivity index is 1.94. The van der Waals surface area contributed by atoms with E-state index in [0.717, 1.165) is 28.5 Å². The van der Waals surface area contributed by atoms with Gasteiger partial charge in [0, 0.05) is 18.0 Å². The monoisotopic (exact) mass is 355 g/mol. The first-order valence-corrected chi connectivity index (χ1v) is 9.71. The number of H-pyrrole nitrogens is 1. The highest BCUT2D eigenvalue weighted by molar-refractivity contribution is 7.98. The van der Waals surface area contributed by atoms with Crippen LogP contribution in [-0.4, -0.2) is 14.5 Å². The van der Waals surface area contributed by atoms with Gasteiger partial charge in [0.15, 0.2) is 5.16 Å². The highest BCUT2D eigenvalue weighted by atomic mass is 32.2. The molecule has 3 aromatic rings. The van der Waals surface area contributed by atoms with Gasteiger partial charge in [-0.1, -0.05) is 55.4 Å². The maximum absolute atomic E-state index is 12.9. The Morgan fingerprint density at radius 1 is 1.20 bits per heavy atom. The van der Waals surface area contributed by atoms with E-state index in [0.29, 0.717) is 18.0 Å². The molecule has 0 aliphatic heterocycles. The molecule has 0 saturated carbocycles. The van der Waals surface area contributed by atoms with Crippen molar-refractivity contribution in [1.82, 2.24) is 14.5 Å². The number of nitrogens with one attached hydrogen (secondary N) is 1. The highest BCUT2D eigenvalue weighted by Gasteiger charge is 2.14. The number of aromatic amines is 1. The van der Waals surface area contributed by atoms with Crippen LogP contribution >= 0.6 is 11.8 Å². The number of hydrogen-bond donors (Lipinski definition) is 1. The molecule has 132 valence electrons. The van der Waals surface area contributed by atoms with Crippen molar-refractivity contribution >= 4 is 22.8 Å². The predicted molar refractivity (Wildman–Crippen MR) is 105 cm³/mol. The number of rotatable bonds is 6. The topological polar surface area (TPSA) is 50.7 Å². The standard InChI is InChI=1S/C20H25N3OS/c1-13(2)9-10-23-19(24)18-17(11-15(4)21-18)22-20(23)25-12-16-7-5-14(3)6-8-16/h5-8,11,13,21H,9-10,12H2,1-4H3. The normalized spacial score (nSPS) is 11.6. The highest BCUT2D eigenvalue weighted by Crippen LogP contribution is 2.23. The summed E-state index contributed by atoms with van der Waals surface area (Å²) in [4.78, 5) is 20.8. The number of aromatic nitrogens is 3. The van der Waals surface area contributed by atoms with Gasteiger partial charge >= 0.3 is 0 Å². The van der Waals surface area contributed by atoms with E-state index in [1.165, 1.54) is 11.1 Å². The molecule has 0 unspecified atom stereocenters. The van der Waals surface area contributed by atoms with E-state index in [1.54, 1.807) is 11.8 Å². The lowest BCUT2D eigenvalue weighted by Crippen LogP contribution is -2.24. The number of thioether (sulfide) groups is 1. The molecular weight excluding hydrogens is 330 g/mol. The SMILES string of the molecule is Cc1ccc(CSc2nc3cc(C)[nH]c3c(=O)n2CCC(C)C)cc1. The van der Waals surface area contributed by atoms with Crippen molar-refractivity contribution < 1.29 is 0 Å². The quantitative estimate of drug-likeness (QED) is 0.516. The van der Waals surface area contributed by atoms with E-state index in [2.05, 4.69) is 50.0 Å². The number of nitrogens with zero attached hydrogens (tertiary/aromatic N) is 2. The molecule has 4 nitrogen and oxygen atoms in total. The van der Waals surface area contributed by atoms with Gasteiger partial charge in [0.25, 0.3) is 5.56 Å². The Bertz CT molecular complexity index is 923. The summed E-state index contributed by atoms with van der Waals surface area (Å²) in [5.74, 6) is 1.35. The van der Waals surface area contributed by atoms with Gasteiger partial charge < -0.3 is 4.98 Å². The van der Waals surface area contributed by atoms with Crippen LogP contribution in [-0.2, 0) is 12.3 Å². The van der Waals surface area contributed by atoms with Gasteiger partial charge in [-0.25, -0.2) is 4.98 Å². The van der Waals surface area contributed by atoms with Gasteiger partial charge in [0.1, 0.15) is 5.52 Å². The second-order valence-corrected chi connectivity index (χ2v) is 7.96. The number of fused-ring (bicyclic) bond motifs is 1. The van der Waals surface area contributed by atoms with Crippen LogP contribution in [0.3, 0.4) is 0 Å². The summed E-state index contributed by atoms with van der Waals surface area (Å²) in [6, 6.07) is 10.5. The summed E-state index contributed by atoms with van der Waals surface area (Å²) in [6.45, 7) is 9.10. The molecule has 0 aliphatic rings. The summed E-state index contributed by atoms with van der Waals surface area (Å²) < 4.78 is 1.83. The van der Waals surface area contributed by atoms with Crippen LogP contribution in [0.1, 0.15) is 37.1 Å². The third-order valence-electron chi connectivity index (χ3n) is 4.26. The van der Waals surface area contributed by atoms with Gasteiger partial charge in [0.05, 0.1) is 5.52 Å². The summed E-state index contributed by atoms with van der Waals surface area (Å²) in [6.07, 6.45) is 0.963. The first-order chi connectivity index (χ1) is 11.9. The zero-order valence-electron chi connectivity index (χ0n) is 15.3. The first-order valence-electron chi connectivity index (χ1n) is 8.72.